The van der Waals surface area contributed by atoms with Gasteiger partial charge in [0.2, 0.25) is 5.91 Å². The quantitative estimate of drug-likeness (QED) is 0.665. The summed E-state index contributed by atoms with van der Waals surface area (Å²) in [6.45, 7) is 3.28. The van der Waals surface area contributed by atoms with Gasteiger partial charge >= 0.3 is 0 Å². The zero-order valence-electron chi connectivity index (χ0n) is 19.8. The van der Waals surface area contributed by atoms with Gasteiger partial charge in [-0.3, -0.25) is 4.79 Å². The summed E-state index contributed by atoms with van der Waals surface area (Å²) in [6.07, 6.45) is 5.70. The van der Waals surface area contributed by atoms with Gasteiger partial charge in [0.1, 0.15) is 11.6 Å². The van der Waals surface area contributed by atoms with Gasteiger partial charge in [0, 0.05) is 30.5 Å². The summed E-state index contributed by atoms with van der Waals surface area (Å²) in [6, 6.07) is 13.4. The van der Waals surface area contributed by atoms with Crippen LogP contribution in [0.1, 0.15) is 44.1 Å². The number of nitrogens with one attached hydrogen (secondary N) is 1. The average molecular weight is 465 g/mol. The molecule has 1 N–H and O–H groups in total. The molecule has 5 nitrogen and oxygen atoms in total. The molecule has 6 heteroatoms. The van der Waals surface area contributed by atoms with Gasteiger partial charge < -0.3 is 19.7 Å². The number of carbonyl (C=O) groups excluding carboxylic acids is 1. The topological polar surface area (TPSA) is 50.8 Å². The van der Waals surface area contributed by atoms with E-state index in [0.717, 1.165) is 75.3 Å². The van der Waals surface area contributed by atoms with Crippen LogP contribution < -0.4 is 15.0 Å². The summed E-state index contributed by atoms with van der Waals surface area (Å²) in [7, 11) is 1.56. The Balaban J connectivity index is 1.24. The van der Waals surface area contributed by atoms with Crippen molar-refractivity contribution < 1.29 is 18.7 Å². The van der Waals surface area contributed by atoms with Gasteiger partial charge in [-0.1, -0.05) is 6.07 Å². The number of benzene rings is 2. The predicted molar refractivity (Wildman–Crippen MR) is 130 cm³/mol. The fourth-order valence-corrected chi connectivity index (χ4v) is 7.74. The molecule has 180 valence electrons. The van der Waals surface area contributed by atoms with Crippen molar-refractivity contribution in [3.05, 3.63) is 53.8 Å². The number of carbonyl (C=O) groups is 1. The zero-order valence-corrected chi connectivity index (χ0v) is 19.8. The molecule has 5 fully saturated rings. The Hall–Kier alpha value is -2.60. The maximum absolute atomic E-state index is 15.2. The van der Waals surface area contributed by atoms with Gasteiger partial charge in [-0.05, 0) is 91.7 Å². The van der Waals surface area contributed by atoms with Gasteiger partial charge in [0.05, 0.1) is 25.7 Å². The monoisotopic (exact) mass is 464 g/mol. The largest absolute Gasteiger partial charge is 0.497 e. The van der Waals surface area contributed by atoms with E-state index in [1.165, 1.54) is 12.5 Å². The normalized spacial score (nSPS) is 32.0. The Morgan fingerprint density at radius 1 is 1.06 bits per heavy atom. The fraction of sp³-hybridized carbons (Fsp3) is 0.536. The molecule has 0 unspecified atom stereocenters. The van der Waals surface area contributed by atoms with E-state index < -0.39 is 5.41 Å². The Kier molecular flexibility index (Phi) is 5.32. The first kappa shape index (κ1) is 21.9. The number of hydrogen-bond acceptors (Lipinski definition) is 4. The standard InChI is InChI=1S/C28H33FN2O3/c1-33-23-6-7-24(25(29)13-23)27-14-19-12-20(15-27)17-28(16-19,18-27)26(32)30-21-2-4-22(5-3-21)31-8-10-34-11-9-31/h2-7,13,19-20H,8-12,14-18H2,1H3,(H,30,32)/t19-,20-,27?,28?/m1/s1. The van der Waals surface area contributed by atoms with Crippen molar-refractivity contribution >= 4 is 17.3 Å². The minimum absolute atomic E-state index is 0.110. The Morgan fingerprint density at radius 3 is 2.41 bits per heavy atom. The van der Waals surface area contributed by atoms with Crippen LogP contribution in [0.15, 0.2) is 42.5 Å². The smallest absolute Gasteiger partial charge is 0.230 e. The van der Waals surface area contributed by atoms with Gasteiger partial charge in [-0.25, -0.2) is 4.39 Å². The van der Waals surface area contributed by atoms with Crippen LogP contribution in [-0.2, 0) is 14.9 Å². The molecule has 1 aliphatic heterocycles. The molecule has 0 spiro atoms. The first-order chi connectivity index (χ1) is 16.5. The van der Waals surface area contributed by atoms with Gasteiger partial charge in [-0.15, -0.1) is 0 Å². The second-order valence-corrected chi connectivity index (χ2v) is 11.0. The molecule has 2 aromatic carbocycles. The number of methoxy groups -OCH3 is 1. The third kappa shape index (κ3) is 3.67. The zero-order chi connectivity index (χ0) is 23.3. The van der Waals surface area contributed by atoms with E-state index in [1.807, 2.05) is 24.3 Å². The van der Waals surface area contributed by atoms with Crippen molar-refractivity contribution in [2.45, 2.75) is 43.9 Å². The molecular formula is C28H33FN2O3. The highest BCUT2D eigenvalue weighted by molar-refractivity contribution is 5.96. The third-order valence-corrected chi connectivity index (χ3v) is 8.79. The van der Waals surface area contributed by atoms with Crippen molar-refractivity contribution in [3.63, 3.8) is 0 Å². The van der Waals surface area contributed by atoms with E-state index in [9.17, 15) is 4.79 Å². The van der Waals surface area contributed by atoms with E-state index in [1.54, 1.807) is 7.11 Å². The number of ether oxygens (including phenoxy) is 2. The molecule has 4 aliphatic carbocycles. The Labute approximate surface area is 200 Å². The number of nitrogens with zero attached hydrogens (tertiary/aromatic N) is 1. The van der Waals surface area contributed by atoms with E-state index in [2.05, 4.69) is 22.3 Å². The minimum Gasteiger partial charge on any atom is -0.497 e. The van der Waals surface area contributed by atoms with Crippen LogP contribution in [0.5, 0.6) is 5.75 Å². The lowest BCUT2D eigenvalue weighted by Gasteiger charge is -2.61. The number of halogens is 1. The van der Waals surface area contributed by atoms with Gasteiger partial charge in [-0.2, -0.15) is 0 Å². The van der Waals surface area contributed by atoms with Crippen molar-refractivity contribution in [3.8, 4) is 5.75 Å². The van der Waals surface area contributed by atoms with Crippen LogP contribution in [0.2, 0.25) is 0 Å². The highest BCUT2D eigenvalue weighted by Gasteiger charge is 2.61. The summed E-state index contributed by atoms with van der Waals surface area (Å²) < 4.78 is 25.9. The molecule has 5 aliphatic rings. The van der Waals surface area contributed by atoms with E-state index in [4.69, 9.17) is 9.47 Å². The van der Waals surface area contributed by atoms with Crippen LogP contribution in [0.4, 0.5) is 15.8 Å². The molecule has 1 saturated heterocycles. The first-order valence-corrected chi connectivity index (χ1v) is 12.6. The van der Waals surface area contributed by atoms with Crippen LogP contribution in [0.25, 0.3) is 0 Å². The van der Waals surface area contributed by atoms with E-state index >= 15 is 4.39 Å². The summed E-state index contributed by atoms with van der Waals surface area (Å²) >= 11 is 0. The van der Waals surface area contributed by atoms with Crippen LogP contribution in [0, 0.1) is 23.1 Å². The number of amides is 1. The highest BCUT2D eigenvalue weighted by atomic mass is 19.1. The Morgan fingerprint density at radius 2 is 1.76 bits per heavy atom. The molecule has 0 radical (unpaired) electrons. The molecule has 2 atom stereocenters. The summed E-state index contributed by atoms with van der Waals surface area (Å²) in [4.78, 5) is 16.1. The number of hydrogen-bond donors (Lipinski definition) is 1. The Bertz CT molecular complexity index is 1070. The van der Waals surface area contributed by atoms with E-state index in [0.29, 0.717) is 17.6 Å². The summed E-state index contributed by atoms with van der Waals surface area (Å²) in [5.41, 5.74) is 2.10. The van der Waals surface area contributed by atoms with Crippen LogP contribution in [0.3, 0.4) is 0 Å². The van der Waals surface area contributed by atoms with Crippen molar-refractivity contribution in [2.75, 3.05) is 43.6 Å². The SMILES string of the molecule is COc1ccc(C23C[C@H]4C[C@@H](CC(C(=O)Nc5ccc(N6CCOCC6)cc5)(C4)C2)C3)c(F)c1. The lowest BCUT2D eigenvalue weighted by atomic mass is 9.42. The third-order valence-electron chi connectivity index (χ3n) is 8.79. The first-order valence-electron chi connectivity index (χ1n) is 12.6. The van der Waals surface area contributed by atoms with Crippen molar-refractivity contribution in [2.24, 2.45) is 17.3 Å². The second kappa shape index (κ2) is 8.26. The minimum atomic E-state index is -0.417. The van der Waals surface area contributed by atoms with E-state index in [-0.39, 0.29) is 17.1 Å². The number of anilines is 2. The predicted octanol–water partition coefficient (Wildman–Crippen LogP) is 5.15. The summed E-state index contributed by atoms with van der Waals surface area (Å²) in [5.74, 6) is 1.42. The molecule has 2 aromatic rings. The van der Waals surface area contributed by atoms with Crippen molar-refractivity contribution in [1.29, 1.82) is 0 Å². The van der Waals surface area contributed by atoms with Crippen LogP contribution >= 0.6 is 0 Å². The summed E-state index contributed by atoms with van der Waals surface area (Å²) in [5, 5.41) is 3.23. The molecular weight excluding hydrogens is 431 g/mol. The van der Waals surface area contributed by atoms with Gasteiger partial charge in [0.25, 0.3) is 0 Å². The number of morpholine rings is 1. The lowest BCUT2D eigenvalue weighted by molar-refractivity contribution is -0.143. The maximum atomic E-state index is 15.2. The second-order valence-electron chi connectivity index (χ2n) is 11.0. The molecule has 34 heavy (non-hydrogen) atoms. The molecule has 1 amide bonds. The number of rotatable bonds is 5. The lowest BCUT2D eigenvalue weighted by Crippen LogP contribution is -2.58. The molecule has 4 saturated carbocycles. The molecule has 1 heterocycles. The van der Waals surface area contributed by atoms with Crippen LogP contribution in [-0.4, -0.2) is 39.3 Å². The molecule has 0 aromatic heterocycles. The average Bonchev–Trinajstić information content (AvgIpc) is 2.84. The molecule has 4 bridgehead atoms. The maximum Gasteiger partial charge on any atom is 0.230 e. The van der Waals surface area contributed by atoms with Gasteiger partial charge in [0.15, 0.2) is 0 Å². The molecule has 7 rings (SSSR count). The highest BCUT2D eigenvalue weighted by Crippen LogP contribution is 2.66. The van der Waals surface area contributed by atoms with Crippen molar-refractivity contribution in [1.82, 2.24) is 0 Å². The fourth-order valence-electron chi connectivity index (χ4n) is 7.74.